The summed E-state index contributed by atoms with van der Waals surface area (Å²) in [5.74, 6) is -1.83. The van der Waals surface area contributed by atoms with Gasteiger partial charge in [0.05, 0.1) is 6.61 Å². The summed E-state index contributed by atoms with van der Waals surface area (Å²) in [7, 11) is 1.52. The summed E-state index contributed by atoms with van der Waals surface area (Å²) in [6, 6.07) is 0. The molecule has 92 valence electrons. The number of amides is 2. The van der Waals surface area contributed by atoms with Crippen LogP contribution in [0.2, 0.25) is 0 Å². The van der Waals surface area contributed by atoms with Crippen LogP contribution in [0.25, 0.3) is 0 Å². The maximum Gasteiger partial charge on any atom is 0.322 e. The van der Waals surface area contributed by atoms with Crippen molar-refractivity contribution in [3.05, 3.63) is 0 Å². The maximum absolute atomic E-state index is 11.1. The average Bonchev–Trinajstić information content (AvgIpc) is 2.24. The van der Waals surface area contributed by atoms with Gasteiger partial charge >= 0.3 is 5.97 Å². The Morgan fingerprint density at radius 3 is 2.19 bits per heavy atom. The highest BCUT2D eigenvalue weighted by Crippen LogP contribution is 1.88. The van der Waals surface area contributed by atoms with Crippen molar-refractivity contribution in [2.45, 2.75) is 12.8 Å². The van der Waals surface area contributed by atoms with Gasteiger partial charge in [0.2, 0.25) is 11.8 Å². The minimum atomic E-state index is -1.11. The zero-order valence-corrected chi connectivity index (χ0v) is 9.12. The van der Waals surface area contributed by atoms with E-state index in [0.29, 0.717) is 13.2 Å². The molecule has 0 unspecified atom stereocenters. The molecule has 0 fully saturated rings. The fraction of sp³-hybridized carbons (Fsp3) is 0.667. The zero-order chi connectivity index (χ0) is 12.4. The standard InChI is InChI=1S/C9H16N2O5/c1-16-5-4-10-7(12)2-3-8(13)11-6-9(14)15/h2-6H2,1H3,(H,10,12)(H,11,13)(H,14,15). The first-order valence-corrected chi connectivity index (χ1v) is 4.80. The summed E-state index contributed by atoms with van der Waals surface area (Å²) in [5, 5.41) is 13.0. The highest BCUT2D eigenvalue weighted by molar-refractivity contribution is 5.85. The van der Waals surface area contributed by atoms with Crippen molar-refractivity contribution in [3.63, 3.8) is 0 Å². The molecule has 0 aliphatic heterocycles. The number of ether oxygens (including phenoxy) is 1. The molecular formula is C9H16N2O5. The molecule has 0 aromatic rings. The number of nitrogens with one attached hydrogen (secondary N) is 2. The zero-order valence-electron chi connectivity index (χ0n) is 9.12. The van der Waals surface area contributed by atoms with E-state index in [-0.39, 0.29) is 18.7 Å². The first kappa shape index (κ1) is 14.4. The highest BCUT2D eigenvalue weighted by Gasteiger charge is 2.07. The van der Waals surface area contributed by atoms with Crippen molar-refractivity contribution < 1.29 is 24.2 Å². The quantitative estimate of drug-likeness (QED) is 0.452. The van der Waals surface area contributed by atoms with Crippen molar-refractivity contribution in [2.24, 2.45) is 0 Å². The molecular weight excluding hydrogens is 216 g/mol. The Morgan fingerprint density at radius 1 is 1.12 bits per heavy atom. The number of hydrogen-bond donors (Lipinski definition) is 3. The molecule has 0 aliphatic rings. The molecule has 0 spiro atoms. The molecule has 2 amide bonds. The lowest BCUT2D eigenvalue weighted by molar-refractivity contribution is -0.138. The predicted molar refractivity (Wildman–Crippen MR) is 54.8 cm³/mol. The van der Waals surface area contributed by atoms with Crippen molar-refractivity contribution >= 4 is 17.8 Å². The summed E-state index contributed by atoms with van der Waals surface area (Å²) in [6.45, 7) is 0.382. The van der Waals surface area contributed by atoms with Crippen LogP contribution in [0.5, 0.6) is 0 Å². The lowest BCUT2D eigenvalue weighted by Gasteiger charge is -2.04. The summed E-state index contributed by atoms with van der Waals surface area (Å²) in [6.07, 6.45) is 0.0151. The molecule has 7 nitrogen and oxygen atoms in total. The molecule has 0 saturated heterocycles. The maximum atomic E-state index is 11.1. The molecule has 0 atom stereocenters. The lowest BCUT2D eigenvalue weighted by atomic mass is 10.3. The van der Waals surface area contributed by atoms with Crippen LogP contribution in [-0.4, -0.2) is 49.7 Å². The predicted octanol–water partition coefficient (Wildman–Crippen LogP) is -1.27. The molecule has 0 bridgehead atoms. The fourth-order valence-electron chi connectivity index (χ4n) is 0.871. The number of carboxylic acids is 1. The van der Waals surface area contributed by atoms with E-state index in [0.717, 1.165) is 0 Å². The van der Waals surface area contributed by atoms with Gasteiger partial charge in [-0.2, -0.15) is 0 Å². The van der Waals surface area contributed by atoms with Crippen molar-refractivity contribution in [1.82, 2.24) is 10.6 Å². The van der Waals surface area contributed by atoms with E-state index in [1.807, 2.05) is 0 Å². The average molecular weight is 232 g/mol. The lowest BCUT2D eigenvalue weighted by Crippen LogP contribution is -2.31. The van der Waals surface area contributed by atoms with Gasteiger partial charge < -0.3 is 20.5 Å². The Kier molecular flexibility index (Phi) is 7.78. The van der Waals surface area contributed by atoms with Crippen LogP contribution in [0.15, 0.2) is 0 Å². The van der Waals surface area contributed by atoms with Crippen LogP contribution in [0, 0.1) is 0 Å². The van der Waals surface area contributed by atoms with Gasteiger partial charge in [-0.1, -0.05) is 0 Å². The van der Waals surface area contributed by atoms with E-state index in [9.17, 15) is 14.4 Å². The number of carboxylic acid groups (broad SMARTS) is 1. The smallest absolute Gasteiger partial charge is 0.322 e. The third kappa shape index (κ3) is 8.95. The Balaban J connectivity index is 3.51. The van der Waals surface area contributed by atoms with Gasteiger partial charge in [-0.15, -0.1) is 0 Å². The summed E-state index contributed by atoms with van der Waals surface area (Å²) in [5.41, 5.74) is 0. The Hall–Kier alpha value is -1.63. The van der Waals surface area contributed by atoms with E-state index in [4.69, 9.17) is 9.84 Å². The number of carbonyl (C=O) groups excluding carboxylic acids is 2. The number of aliphatic carboxylic acids is 1. The van der Waals surface area contributed by atoms with Gasteiger partial charge in [0, 0.05) is 26.5 Å². The molecule has 0 aliphatic carbocycles. The normalized spacial score (nSPS) is 9.56. The monoisotopic (exact) mass is 232 g/mol. The van der Waals surface area contributed by atoms with Crippen molar-refractivity contribution in [3.8, 4) is 0 Å². The molecule has 0 heterocycles. The molecule has 0 aromatic heterocycles. The van der Waals surface area contributed by atoms with Crippen LogP contribution in [0.3, 0.4) is 0 Å². The molecule has 0 radical (unpaired) electrons. The minimum Gasteiger partial charge on any atom is -0.480 e. The molecule has 7 heteroatoms. The van der Waals surface area contributed by atoms with E-state index in [1.165, 1.54) is 7.11 Å². The molecule has 0 aromatic carbocycles. The van der Waals surface area contributed by atoms with Gasteiger partial charge in [-0.25, -0.2) is 0 Å². The van der Waals surface area contributed by atoms with Gasteiger partial charge in [0.15, 0.2) is 0 Å². The van der Waals surface area contributed by atoms with Crippen LogP contribution in [-0.2, 0) is 19.1 Å². The number of methoxy groups -OCH3 is 1. The van der Waals surface area contributed by atoms with Gasteiger partial charge in [-0.3, -0.25) is 14.4 Å². The number of rotatable bonds is 8. The van der Waals surface area contributed by atoms with Crippen LogP contribution in [0.4, 0.5) is 0 Å². The second-order valence-corrected chi connectivity index (χ2v) is 3.01. The van der Waals surface area contributed by atoms with E-state index < -0.39 is 18.4 Å². The Bertz CT molecular complexity index is 254. The molecule has 3 N–H and O–H groups in total. The van der Waals surface area contributed by atoms with Gasteiger partial charge in [0.1, 0.15) is 6.54 Å². The first-order valence-electron chi connectivity index (χ1n) is 4.80. The topological polar surface area (TPSA) is 105 Å². The molecule has 16 heavy (non-hydrogen) atoms. The third-order valence-electron chi connectivity index (χ3n) is 1.64. The van der Waals surface area contributed by atoms with Crippen molar-refractivity contribution in [1.29, 1.82) is 0 Å². The van der Waals surface area contributed by atoms with Crippen LogP contribution in [0.1, 0.15) is 12.8 Å². The first-order chi connectivity index (χ1) is 7.56. The number of hydrogen-bond acceptors (Lipinski definition) is 4. The van der Waals surface area contributed by atoms with Gasteiger partial charge in [0.25, 0.3) is 0 Å². The van der Waals surface area contributed by atoms with Gasteiger partial charge in [-0.05, 0) is 0 Å². The largest absolute Gasteiger partial charge is 0.480 e. The molecule has 0 rings (SSSR count). The summed E-state index contributed by atoms with van der Waals surface area (Å²) >= 11 is 0. The second kappa shape index (κ2) is 8.66. The van der Waals surface area contributed by atoms with Crippen molar-refractivity contribution in [2.75, 3.05) is 26.8 Å². The minimum absolute atomic E-state index is 0.0217. The van der Waals surface area contributed by atoms with E-state index in [2.05, 4.69) is 10.6 Å². The molecule has 0 saturated carbocycles. The number of carbonyl (C=O) groups is 3. The summed E-state index contributed by atoms with van der Waals surface area (Å²) < 4.78 is 4.72. The fourth-order valence-corrected chi connectivity index (χ4v) is 0.871. The third-order valence-corrected chi connectivity index (χ3v) is 1.64. The SMILES string of the molecule is COCCNC(=O)CCC(=O)NCC(=O)O. The Labute approximate surface area is 93.2 Å². The van der Waals surface area contributed by atoms with Crippen LogP contribution < -0.4 is 10.6 Å². The Morgan fingerprint density at radius 2 is 1.69 bits per heavy atom. The second-order valence-electron chi connectivity index (χ2n) is 3.01. The highest BCUT2D eigenvalue weighted by atomic mass is 16.5. The summed E-state index contributed by atoms with van der Waals surface area (Å²) in [4.78, 5) is 32.2. The van der Waals surface area contributed by atoms with Crippen LogP contribution >= 0.6 is 0 Å². The van der Waals surface area contributed by atoms with E-state index in [1.54, 1.807) is 0 Å². The van der Waals surface area contributed by atoms with E-state index >= 15 is 0 Å².